The predicted octanol–water partition coefficient (Wildman–Crippen LogP) is 1.61. The highest BCUT2D eigenvalue weighted by Gasteiger charge is 2.12. The molecule has 0 aromatic carbocycles. The standard InChI is InChI=1S/C13H16N4/c1-9-3-2-5-17-13(9)12(15)7-10-8-16-6-4-11(10)14/h2-6,8,12H,7,15H2,1H3,(H2,14,16). The lowest BCUT2D eigenvalue weighted by Crippen LogP contribution is -2.17. The largest absolute Gasteiger partial charge is 0.398 e. The van der Waals surface area contributed by atoms with Crippen molar-refractivity contribution in [1.29, 1.82) is 0 Å². The normalized spacial score (nSPS) is 12.4. The van der Waals surface area contributed by atoms with Gasteiger partial charge in [0, 0.05) is 24.3 Å². The van der Waals surface area contributed by atoms with Gasteiger partial charge in [0.2, 0.25) is 0 Å². The van der Waals surface area contributed by atoms with Gasteiger partial charge >= 0.3 is 0 Å². The number of rotatable bonds is 3. The molecule has 88 valence electrons. The third-order valence-electron chi connectivity index (χ3n) is 2.78. The van der Waals surface area contributed by atoms with Crippen LogP contribution in [0.5, 0.6) is 0 Å². The zero-order valence-corrected chi connectivity index (χ0v) is 9.80. The summed E-state index contributed by atoms with van der Waals surface area (Å²) in [5, 5.41) is 0. The minimum atomic E-state index is -0.150. The van der Waals surface area contributed by atoms with Crippen LogP contribution >= 0.6 is 0 Å². The number of nitrogen functional groups attached to an aromatic ring is 1. The van der Waals surface area contributed by atoms with Crippen LogP contribution in [0, 0.1) is 6.92 Å². The fraction of sp³-hybridized carbons (Fsp3) is 0.231. The summed E-state index contributed by atoms with van der Waals surface area (Å²) >= 11 is 0. The fourth-order valence-corrected chi connectivity index (χ4v) is 1.83. The first-order valence-electron chi connectivity index (χ1n) is 5.54. The van der Waals surface area contributed by atoms with Gasteiger partial charge in [-0.25, -0.2) is 0 Å². The van der Waals surface area contributed by atoms with Crippen molar-refractivity contribution in [1.82, 2.24) is 9.97 Å². The summed E-state index contributed by atoms with van der Waals surface area (Å²) in [5.74, 6) is 0. The molecule has 2 aromatic rings. The number of aromatic nitrogens is 2. The fourth-order valence-electron chi connectivity index (χ4n) is 1.83. The molecule has 0 fully saturated rings. The molecule has 2 aromatic heterocycles. The maximum atomic E-state index is 6.15. The van der Waals surface area contributed by atoms with Crippen molar-refractivity contribution in [3.8, 4) is 0 Å². The molecule has 4 nitrogen and oxygen atoms in total. The van der Waals surface area contributed by atoms with Crippen molar-refractivity contribution < 1.29 is 0 Å². The average Bonchev–Trinajstić information content (AvgIpc) is 2.32. The molecule has 0 aliphatic rings. The molecule has 2 rings (SSSR count). The Morgan fingerprint density at radius 1 is 1.29 bits per heavy atom. The van der Waals surface area contributed by atoms with Gasteiger partial charge in [-0.1, -0.05) is 6.07 Å². The van der Waals surface area contributed by atoms with Crippen LogP contribution in [0.15, 0.2) is 36.8 Å². The number of pyridine rings is 2. The molecule has 1 atom stereocenters. The third kappa shape index (κ3) is 2.60. The molecular weight excluding hydrogens is 212 g/mol. The lowest BCUT2D eigenvalue weighted by molar-refractivity contribution is 0.690. The summed E-state index contributed by atoms with van der Waals surface area (Å²) in [5.41, 5.74) is 15.7. The Morgan fingerprint density at radius 3 is 2.82 bits per heavy atom. The number of nitrogens with two attached hydrogens (primary N) is 2. The van der Waals surface area contributed by atoms with E-state index < -0.39 is 0 Å². The topological polar surface area (TPSA) is 77.8 Å². The molecule has 4 N–H and O–H groups in total. The van der Waals surface area contributed by atoms with Gasteiger partial charge < -0.3 is 11.5 Å². The Bertz CT molecular complexity index is 510. The van der Waals surface area contributed by atoms with Gasteiger partial charge in [-0.3, -0.25) is 9.97 Å². The molecule has 0 radical (unpaired) electrons. The Kier molecular flexibility index (Phi) is 3.35. The minimum Gasteiger partial charge on any atom is -0.398 e. The quantitative estimate of drug-likeness (QED) is 0.836. The van der Waals surface area contributed by atoms with Crippen LogP contribution in [0.25, 0.3) is 0 Å². The molecule has 17 heavy (non-hydrogen) atoms. The first kappa shape index (κ1) is 11.5. The average molecular weight is 228 g/mol. The van der Waals surface area contributed by atoms with E-state index in [4.69, 9.17) is 11.5 Å². The summed E-state index contributed by atoms with van der Waals surface area (Å²) < 4.78 is 0. The van der Waals surface area contributed by atoms with Crippen LogP contribution in [0.4, 0.5) is 5.69 Å². The van der Waals surface area contributed by atoms with E-state index in [1.165, 1.54) is 0 Å². The minimum absolute atomic E-state index is 0.150. The first-order valence-corrected chi connectivity index (χ1v) is 5.54. The summed E-state index contributed by atoms with van der Waals surface area (Å²) in [7, 11) is 0. The zero-order chi connectivity index (χ0) is 12.3. The van der Waals surface area contributed by atoms with Crippen LogP contribution < -0.4 is 11.5 Å². The lowest BCUT2D eigenvalue weighted by atomic mass is 10.0. The van der Waals surface area contributed by atoms with E-state index in [1.807, 2.05) is 19.1 Å². The van der Waals surface area contributed by atoms with E-state index in [0.717, 1.165) is 22.5 Å². The third-order valence-corrected chi connectivity index (χ3v) is 2.78. The molecule has 0 saturated heterocycles. The highest BCUT2D eigenvalue weighted by atomic mass is 14.8. The monoisotopic (exact) mass is 228 g/mol. The van der Waals surface area contributed by atoms with E-state index in [9.17, 15) is 0 Å². The van der Waals surface area contributed by atoms with E-state index >= 15 is 0 Å². The highest BCUT2D eigenvalue weighted by molar-refractivity contribution is 5.45. The Morgan fingerprint density at radius 2 is 2.12 bits per heavy atom. The molecule has 0 amide bonds. The van der Waals surface area contributed by atoms with Gasteiger partial charge in [-0.2, -0.15) is 0 Å². The SMILES string of the molecule is Cc1cccnc1C(N)Cc1cnccc1N. The van der Waals surface area contributed by atoms with Crippen molar-refractivity contribution in [2.24, 2.45) is 5.73 Å². The molecule has 4 heteroatoms. The molecule has 0 saturated carbocycles. The number of hydrogen-bond donors (Lipinski definition) is 2. The van der Waals surface area contributed by atoms with Gasteiger partial charge in [0.05, 0.1) is 11.7 Å². The molecule has 2 heterocycles. The molecule has 0 aliphatic heterocycles. The molecule has 0 bridgehead atoms. The van der Waals surface area contributed by atoms with E-state index in [2.05, 4.69) is 9.97 Å². The van der Waals surface area contributed by atoms with Crippen molar-refractivity contribution in [2.75, 3.05) is 5.73 Å². The van der Waals surface area contributed by atoms with Crippen molar-refractivity contribution in [3.05, 3.63) is 53.6 Å². The van der Waals surface area contributed by atoms with Crippen molar-refractivity contribution in [3.63, 3.8) is 0 Å². The van der Waals surface area contributed by atoms with Crippen LogP contribution in [-0.2, 0) is 6.42 Å². The Labute approximate surface area is 101 Å². The van der Waals surface area contributed by atoms with Gasteiger partial charge in [-0.15, -0.1) is 0 Å². The predicted molar refractivity (Wildman–Crippen MR) is 68.3 cm³/mol. The Hall–Kier alpha value is -1.94. The smallest absolute Gasteiger partial charge is 0.0603 e. The summed E-state index contributed by atoms with van der Waals surface area (Å²) in [6.45, 7) is 2.01. The van der Waals surface area contributed by atoms with Gasteiger partial charge in [0.15, 0.2) is 0 Å². The van der Waals surface area contributed by atoms with Gasteiger partial charge in [0.25, 0.3) is 0 Å². The van der Waals surface area contributed by atoms with Gasteiger partial charge in [-0.05, 0) is 36.6 Å². The highest BCUT2D eigenvalue weighted by Crippen LogP contribution is 2.19. The van der Waals surface area contributed by atoms with Crippen molar-refractivity contribution in [2.45, 2.75) is 19.4 Å². The van der Waals surface area contributed by atoms with E-state index in [-0.39, 0.29) is 6.04 Å². The summed E-state index contributed by atoms with van der Waals surface area (Å²) in [4.78, 5) is 8.38. The maximum Gasteiger partial charge on any atom is 0.0603 e. The second-order valence-corrected chi connectivity index (χ2v) is 4.09. The van der Waals surface area contributed by atoms with Crippen LogP contribution in [0.1, 0.15) is 22.9 Å². The maximum absolute atomic E-state index is 6.15. The first-order chi connectivity index (χ1) is 8.18. The second-order valence-electron chi connectivity index (χ2n) is 4.09. The van der Waals surface area contributed by atoms with Crippen molar-refractivity contribution >= 4 is 5.69 Å². The summed E-state index contributed by atoms with van der Waals surface area (Å²) in [6.07, 6.45) is 5.84. The Balaban J connectivity index is 2.20. The lowest BCUT2D eigenvalue weighted by Gasteiger charge is -2.14. The number of nitrogens with zero attached hydrogens (tertiary/aromatic N) is 2. The molecule has 1 unspecified atom stereocenters. The number of anilines is 1. The number of aryl methyl sites for hydroxylation is 1. The number of hydrogen-bond acceptors (Lipinski definition) is 4. The van der Waals surface area contributed by atoms with Crippen LogP contribution in [0.3, 0.4) is 0 Å². The molecular formula is C13H16N4. The second kappa shape index (κ2) is 4.93. The zero-order valence-electron chi connectivity index (χ0n) is 9.80. The van der Waals surface area contributed by atoms with E-state index in [0.29, 0.717) is 6.42 Å². The molecule has 0 spiro atoms. The summed E-state index contributed by atoms with van der Waals surface area (Å²) in [6, 6.07) is 5.55. The molecule has 0 aliphatic carbocycles. The van der Waals surface area contributed by atoms with Crippen LogP contribution in [0.2, 0.25) is 0 Å². The van der Waals surface area contributed by atoms with E-state index in [1.54, 1.807) is 24.7 Å². The van der Waals surface area contributed by atoms with Crippen LogP contribution in [-0.4, -0.2) is 9.97 Å². The van der Waals surface area contributed by atoms with Gasteiger partial charge in [0.1, 0.15) is 0 Å².